The predicted octanol–water partition coefficient (Wildman–Crippen LogP) is 1.97. The van der Waals surface area contributed by atoms with Gasteiger partial charge in [-0.1, -0.05) is 24.3 Å². The topological polar surface area (TPSA) is 46.6 Å². The summed E-state index contributed by atoms with van der Waals surface area (Å²) in [4.78, 5) is 25.7. The summed E-state index contributed by atoms with van der Waals surface area (Å²) in [6.45, 7) is 0. The van der Waals surface area contributed by atoms with Crippen LogP contribution in [0.4, 0.5) is 0 Å². The number of nitrogens with zero attached hydrogens (tertiary/aromatic N) is 1. The van der Waals surface area contributed by atoms with Crippen LogP contribution in [0, 0.1) is 11.8 Å². The van der Waals surface area contributed by atoms with Crippen molar-refractivity contribution in [2.75, 3.05) is 14.2 Å². The highest BCUT2D eigenvalue weighted by molar-refractivity contribution is 6.05. The molecule has 1 aromatic rings. The van der Waals surface area contributed by atoms with E-state index in [-0.39, 0.29) is 29.6 Å². The molecule has 1 aromatic carbocycles. The number of fused-ring (bicyclic) bond motifs is 1. The van der Waals surface area contributed by atoms with Gasteiger partial charge in [-0.2, -0.15) is 0 Å². The average molecular weight is 271 g/mol. The van der Waals surface area contributed by atoms with Gasteiger partial charge in [0, 0.05) is 13.0 Å². The Morgan fingerprint density at radius 1 is 1.25 bits per heavy atom. The van der Waals surface area contributed by atoms with Crippen molar-refractivity contribution in [1.82, 2.24) is 4.90 Å². The molecule has 0 bridgehead atoms. The van der Waals surface area contributed by atoms with Gasteiger partial charge in [-0.3, -0.25) is 14.5 Å². The van der Waals surface area contributed by atoms with Gasteiger partial charge < -0.3 is 4.74 Å². The lowest BCUT2D eigenvalue weighted by molar-refractivity contribution is -0.138. The van der Waals surface area contributed by atoms with E-state index in [0.717, 1.165) is 11.3 Å². The number of methoxy groups -OCH3 is 1. The molecule has 0 radical (unpaired) electrons. The number of hydrogen-bond acceptors (Lipinski definition) is 3. The van der Waals surface area contributed by atoms with E-state index < -0.39 is 0 Å². The fourth-order valence-electron chi connectivity index (χ4n) is 3.22. The molecule has 4 nitrogen and oxygen atoms in total. The maximum absolute atomic E-state index is 12.3. The van der Waals surface area contributed by atoms with E-state index >= 15 is 0 Å². The molecule has 1 fully saturated rings. The van der Waals surface area contributed by atoms with E-state index in [1.807, 2.05) is 36.4 Å². The number of imide groups is 1. The molecule has 0 spiro atoms. The number of allylic oxidation sites excluding steroid dienone is 2. The molecule has 20 heavy (non-hydrogen) atoms. The van der Waals surface area contributed by atoms with Crippen molar-refractivity contribution in [3.05, 3.63) is 42.0 Å². The Morgan fingerprint density at radius 2 is 2.05 bits per heavy atom. The molecule has 3 atom stereocenters. The van der Waals surface area contributed by atoms with Crippen LogP contribution in [0.25, 0.3) is 0 Å². The molecule has 2 aliphatic rings. The number of carbonyl (C=O) groups excluding carboxylic acids is 2. The lowest BCUT2D eigenvalue weighted by Crippen LogP contribution is -2.28. The first kappa shape index (κ1) is 12.9. The monoisotopic (exact) mass is 271 g/mol. The van der Waals surface area contributed by atoms with Gasteiger partial charge >= 0.3 is 0 Å². The zero-order valence-corrected chi connectivity index (χ0v) is 11.6. The second kappa shape index (κ2) is 4.78. The minimum Gasteiger partial charge on any atom is -0.497 e. The van der Waals surface area contributed by atoms with E-state index in [2.05, 4.69) is 0 Å². The summed E-state index contributed by atoms with van der Waals surface area (Å²) < 4.78 is 5.24. The van der Waals surface area contributed by atoms with Crippen molar-refractivity contribution in [3.8, 4) is 5.75 Å². The number of likely N-dealkylation sites (tertiary alicyclic amines) is 1. The Labute approximate surface area is 118 Å². The third kappa shape index (κ3) is 1.83. The number of rotatable bonds is 2. The van der Waals surface area contributed by atoms with Gasteiger partial charge in [0.2, 0.25) is 11.8 Å². The third-order valence-corrected chi connectivity index (χ3v) is 4.30. The Bertz CT molecular complexity index is 593. The first-order valence-electron chi connectivity index (χ1n) is 6.75. The fraction of sp³-hybridized carbons (Fsp3) is 0.375. The summed E-state index contributed by atoms with van der Waals surface area (Å²) in [6.07, 6.45) is 4.70. The zero-order chi connectivity index (χ0) is 14.3. The van der Waals surface area contributed by atoms with Crippen LogP contribution in [0.5, 0.6) is 5.75 Å². The zero-order valence-electron chi connectivity index (χ0n) is 11.6. The van der Waals surface area contributed by atoms with Crippen LogP contribution in [0.1, 0.15) is 17.9 Å². The number of amides is 2. The van der Waals surface area contributed by atoms with Gasteiger partial charge in [0.25, 0.3) is 0 Å². The molecule has 1 aliphatic heterocycles. The lowest BCUT2D eigenvalue weighted by atomic mass is 9.74. The van der Waals surface area contributed by atoms with Crippen molar-refractivity contribution in [3.63, 3.8) is 0 Å². The molecule has 3 rings (SSSR count). The molecule has 104 valence electrons. The normalized spacial score (nSPS) is 28.7. The third-order valence-electron chi connectivity index (χ3n) is 4.30. The van der Waals surface area contributed by atoms with Crippen LogP contribution in [0.15, 0.2) is 36.4 Å². The van der Waals surface area contributed by atoms with Gasteiger partial charge in [0.1, 0.15) is 5.75 Å². The number of hydrogen-bond donors (Lipinski definition) is 0. The largest absolute Gasteiger partial charge is 0.497 e. The van der Waals surface area contributed by atoms with Crippen LogP contribution < -0.4 is 4.74 Å². The van der Waals surface area contributed by atoms with E-state index in [1.165, 1.54) is 4.90 Å². The smallest absolute Gasteiger partial charge is 0.233 e. The van der Waals surface area contributed by atoms with E-state index in [9.17, 15) is 9.59 Å². The highest BCUT2D eigenvalue weighted by Gasteiger charge is 2.49. The van der Waals surface area contributed by atoms with Crippen molar-refractivity contribution >= 4 is 11.8 Å². The minimum absolute atomic E-state index is 0.0507. The highest BCUT2D eigenvalue weighted by atomic mass is 16.5. The Kier molecular flexibility index (Phi) is 3.08. The lowest BCUT2D eigenvalue weighted by Gasteiger charge is -2.26. The van der Waals surface area contributed by atoms with E-state index in [1.54, 1.807) is 14.2 Å². The van der Waals surface area contributed by atoms with Crippen LogP contribution in [-0.4, -0.2) is 30.9 Å². The summed E-state index contributed by atoms with van der Waals surface area (Å²) >= 11 is 0. The molecule has 0 saturated carbocycles. The van der Waals surface area contributed by atoms with Gasteiger partial charge in [-0.25, -0.2) is 0 Å². The van der Waals surface area contributed by atoms with E-state index in [0.29, 0.717) is 6.42 Å². The summed E-state index contributed by atoms with van der Waals surface area (Å²) in [5.41, 5.74) is 1.02. The van der Waals surface area contributed by atoms with Gasteiger partial charge in [-0.05, 0) is 24.1 Å². The first-order valence-corrected chi connectivity index (χ1v) is 6.75. The molecule has 2 amide bonds. The molecule has 4 heteroatoms. The number of ether oxygens (including phenoxy) is 1. The number of benzene rings is 1. The Balaban J connectivity index is 2.00. The highest BCUT2D eigenvalue weighted by Crippen LogP contribution is 2.43. The minimum atomic E-state index is -0.274. The molecule has 1 aliphatic carbocycles. The molecule has 0 aromatic heterocycles. The maximum Gasteiger partial charge on any atom is 0.233 e. The maximum atomic E-state index is 12.3. The SMILES string of the molecule is COc1cccc(C2C=CCC3C(=O)N(C)C(=O)C32)c1. The summed E-state index contributed by atoms with van der Waals surface area (Å²) in [7, 11) is 3.20. The molecule has 0 N–H and O–H groups in total. The molecule has 3 unspecified atom stereocenters. The quantitative estimate of drug-likeness (QED) is 0.610. The van der Waals surface area contributed by atoms with Crippen molar-refractivity contribution in [2.24, 2.45) is 11.8 Å². The summed E-state index contributed by atoms with van der Waals surface area (Å²) in [5.74, 6) is 0.0983. The van der Waals surface area contributed by atoms with Gasteiger partial charge in [-0.15, -0.1) is 0 Å². The van der Waals surface area contributed by atoms with Crippen LogP contribution >= 0.6 is 0 Å². The van der Waals surface area contributed by atoms with Gasteiger partial charge in [0.05, 0.1) is 18.9 Å². The van der Waals surface area contributed by atoms with Crippen molar-refractivity contribution < 1.29 is 14.3 Å². The molecule has 1 heterocycles. The van der Waals surface area contributed by atoms with Crippen molar-refractivity contribution in [2.45, 2.75) is 12.3 Å². The van der Waals surface area contributed by atoms with Crippen LogP contribution in [-0.2, 0) is 9.59 Å². The van der Waals surface area contributed by atoms with Gasteiger partial charge in [0.15, 0.2) is 0 Å². The molecular weight excluding hydrogens is 254 g/mol. The Hall–Kier alpha value is -2.10. The van der Waals surface area contributed by atoms with Crippen LogP contribution in [0.3, 0.4) is 0 Å². The fourth-order valence-corrected chi connectivity index (χ4v) is 3.22. The van der Waals surface area contributed by atoms with Crippen molar-refractivity contribution in [1.29, 1.82) is 0 Å². The Morgan fingerprint density at radius 3 is 2.80 bits per heavy atom. The number of carbonyl (C=O) groups is 2. The standard InChI is InChI=1S/C16H17NO3/c1-17-15(18)13-8-4-7-12(14(13)16(17)19)10-5-3-6-11(9-10)20-2/h3-7,9,12-14H,8H2,1-2H3. The van der Waals surface area contributed by atoms with E-state index in [4.69, 9.17) is 4.74 Å². The first-order chi connectivity index (χ1) is 9.63. The molecule has 1 saturated heterocycles. The predicted molar refractivity (Wildman–Crippen MR) is 74.2 cm³/mol. The summed E-state index contributed by atoms with van der Waals surface area (Å²) in [6, 6.07) is 7.71. The second-order valence-corrected chi connectivity index (χ2v) is 5.33. The average Bonchev–Trinajstić information content (AvgIpc) is 2.72. The van der Waals surface area contributed by atoms with Crippen LogP contribution in [0.2, 0.25) is 0 Å². The second-order valence-electron chi connectivity index (χ2n) is 5.33. The summed E-state index contributed by atoms with van der Waals surface area (Å²) in [5, 5.41) is 0. The molecular formula is C16H17NO3.